The van der Waals surface area contributed by atoms with Gasteiger partial charge in [-0.1, -0.05) is 36.4 Å². The molecule has 2 aromatic rings. The number of hydrogen-bond donors (Lipinski definition) is 1. The van der Waals surface area contributed by atoms with E-state index in [1.807, 2.05) is 48.5 Å². The minimum atomic E-state index is -0.617. The number of carbonyl (C=O) groups excluding carboxylic acids is 2. The molecule has 0 aliphatic carbocycles. The van der Waals surface area contributed by atoms with Crippen molar-refractivity contribution in [1.82, 2.24) is 15.2 Å². The lowest BCUT2D eigenvalue weighted by molar-refractivity contribution is -0.129. The van der Waals surface area contributed by atoms with Crippen LogP contribution in [-0.2, 0) is 22.7 Å². The van der Waals surface area contributed by atoms with Crippen LogP contribution in [0.4, 0.5) is 4.79 Å². The zero-order valence-corrected chi connectivity index (χ0v) is 12.9. The molecule has 6 nitrogen and oxygen atoms in total. The van der Waals surface area contributed by atoms with Crippen LogP contribution in [0.3, 0.4) is 0 Å². The average molecular weight is 313 g/mol. The summed E-state index contributed by atoms with van der Waals surface area (Å²) in [6.45, 7) is 0.446. The molecule has 1 aromatic heterocycles. The Hall–Kier alpha value is -2.89. The molecule has 0 aliphatic heterocycles. The maximum absolute atomic E-state index is 12.0. The van der Waals surface area contributed by atoms with Crippen molar-refractivity contribution in [2.45, 2.75) is 13.2 Å². The molecule has 6 heteroatoms. The van der Waals surface area contributed by atoms with Crippen LogP contribution in [-0.4, -0.2) is 35.5 Å². The summed E-state index contributed by atoms with van der Waals surface area (Å²) in [6.07, 6.45) is 1.06. The number of rotatable bonds is 6. The molecule has 0 fully saturated rings. The van der Waals surface area contributed by atoms with E-state index in [0.29, 0.717) is 6.54 Å². The standard InChI is InChI=1S/C17H19N3O3/c1-20(12-15-9-5-6-10-18-15)16(21)11-19-17(22)23-13-14-7-3-2-4-8-14/h2-10H,11-13H2,1H3,(H,19,22). The lowest BCUT2D eigenvalue weighted by Crippen LogP contribution is -2.38. The Labute approximate surface area is 135 Å². The van der Waals surface area contributed by atoms with Crippen molar-refractivity contribution in [3.63, 3.8) is 0 Å². The summed E-state index contributed by atoms with van der Waals surface area (Å²) in [6, 6.07) is 14.9. The molecule has 1 heterocycles. The van der Waals surface area contributed by atoms with Crippen molar-refractivity contribution in [2.24, 2.45) is 0 Å². The highest BCUT2D eigenvalue weighted by atomic mass is 16.5. The van der Waals surface area contributed by atoms with Crippen molar-refractivity contribution in [2.75, 3.05) is 13.6 Å². The normalized spacial score (nSPS) is 9.96. The highest BCUT2D eigenvalue weighted by Crippen LogP contribution is 2.01. The van der Waals surface area contributed by atoms with Gasteiger partial charge in [-0.05, 0) is 17.7 Å². The zero-order valence-electron chi connectivity index (χ0n) is 12.9. The number of hydrogen-bond acceptors (Lipinski definition) is 4. The van der Waals surface area contributed by atoms with Crippen LogP contribution < -0.4 is 5.32 Å². The van der Waals surface area contributed by atoms with Gasteiger partial charge in [-0.25, -0.2) is 4.79 Å². The van der Waals surface area contributed by atoms with Gasteiger partial charge in [0.15, 0.2) is 0 Å². The van der Waals surface area contributed by atoms with Crippen LogP contribution in [0.15, 0.2) is 54.7 Å². The molecular formula is C17H19N3O3. The first kappa shape index (κ1) is 16.5. The zero-order chi connectivity index (χ0) is 16.5. The van der Waals surface area contributed by atoms with E-state index in [1.54, 1.807) is 13.2 Å². The maximum Gasteiger partial charge on any atom is 0.407 e. The van der Waals surface area contributed by atoms with E-state index in [9.17, 15) is 9.59 Å². The average Bonchev–Trinajstić information content (AvgIpc) is 2.59. The summed E-state index contributed by atoms with van der Waals surface area (Å²) in [5, 5.41) is 2.45. The summed E-state index contributed by atoms with van der Waals surface area (Å²) < 4.78 is 5.04. The fourth-order valence-electron chi connectivity index (χ4n) is 1.88. The quantitative estimate of drug-likeness (QED) is 0.885. The maximum atomic E-state index is 12.0. The van der Waals surface area contributed by atoms with Gasteiger partial charge in [0.2, 0.25) is 5.91 Å². The summed E-state index contributed by atoms with van der Waals surface area (Å²) in [5.74, 6) is -0.215. The van der Waals surface area contributed by atoms with Crippen molar-refractivity contribution < 1.29 is 14.3 Å². The molecule has 0 atom stereocenters. The Balaban J connectivity index is 1.70. The highest BCUT2D eigenvalue weighted by molar-refractivity contribution is 5.82. The number of likely N-dealkylation sites (N-methyl/N-ethyl adjacent to an activating group) is 1. The second-order valence-corrected chi connectivity index (χ2v) is 4.99. The number of nitrogens with zero attached hydrogens (tertiary/aromatic N) is 2. The monoisotopic (exact) mass is 313 g/mol. The van der Waals surface area contributed by atoms with Gasteiger partial charge in [-0.2, -0.15) is 0 Å². The largest absolute Gasteiger partial charge is 0.445 e. The molecule has 0 saturated heterocycles. The fraction of sp³-hybridized carbons (Fsp3) is 0.235. The van der Waals surface area contributed by atoms with E-state index >= 15 is 0 Å². The van der Waals surface area contributed by atoms with Crippen LogP contribution in [0.2, 0.25) is 0 Å². The van der Waals surface area contributed by atoms with Crippen LogP contribution in [0, 0.1) is 0 Å². The first-order valence-corrected chi connectivity index (χ1v) is 7.23. The molecule has 0 aliphatic rings. The van der Waals surface area contributed by atoms with E-state index in [0.717, 1.165) is 11.3 Å². The van der Waals surface area contributed by atoms with Crippen LogP contribution in [0.1, 0.15) is 11.3 Å². The predicted octanol–water partition coefficient (Wildman–Crippen LogP) is 1.97. The van der Waals surface area contributed by atoms with Gasteiger partial charge in [-0.15, -0.1) is 0 Å². The fourth-order valence-corrected chi connectivity index (χ4v) is 1.88. The Morgan fingerprint density at radius 2 is 1.87 bits per heavy atom. The molecule has 23 heavy (non-hydrogen) atoms. The van der Waals surface area contributed by atoms with Crippen molar-refractivity contribution in [3.05, 3.63) is 66.0 Å². The number of ether oxygens (including phenoxy) is 1. The minimum absolute atomic E-state index is 0.114. The Bertz CT molecular complexity index is 632. The van der Waals surface area contributed by atoms with Gasteiger partial charge in [0, 0.05) is 13.2 Å². The molecule has 120 valence electrons. The molecule has 0 saturated carbocycles. The van der Waals surface area contributed by atoms with Gasteiger partial charge in [0.1, 0.15) is 13.2 Å². The number of aromatic nitrogens is 1. The number of carbonyl (C=O) groups is 2. The van der Waals surface area contributed by atoms with Gasteiger partial charge >= 0.3 is 6.09 Å². The van der Waals surface area contributed by atoms with E-state index in [2.05, 4.69) is 10.3 Å². The highest BCUT2D eigenvalue weighted by Gasteiger charge is 2.12. The first-order valence-electron chi connectivity index (χ1n) is 7.23. The molecular weight excluding hydrogens is 294 g/mol. The minimum Gasteiger partial charge on any atom is -0.445 e. The third kappa shape index (κ3) is 5.78. The summed E-state index contributed by atoms with van der Waals surface area (Å²) in [5.41, 5.74) is 1.68. The summed E-state index contributed by atoms with van der Waals surface area (Å²) >= 11 is 0. The number of nitrogens with one attached hydrogen (secondary N) is 1. The lowest BCUT2D eigenvalue weighted by Gasteiger charge is -2.17. The van der Waals surface area contributed by atoms with E-state index < -0.39 is 6.09 Å². The summed E-state index contributed by atoms with van der Waals surface area (Å²) in [7, 11) is 1.66. The van der Waals surface area contributed by atoms with Crippen molar-refractivity contribution in [1.29, 1.82) is 0 Å². The molecule has 0 unspecified atom stereocenters. The second kappa shape index (κ2) is 8.53. The van der Waals surface area contributed by atoms with Gasteiger partial charge in [0.25, 0.3) is 0 Å². The van der Waals surface area contributed by atoms with Gasteiger partial charge < -0.3 is 15.0 Å². The van der Waals surface area contributed by atoms with Crippen LogP contribution >= 0.6 is 0 Å². The van der Waals surface area contributed by atoms with E-state index in [-0.39, 0.29) is 19.1 Å². The SMILES string of the molecule is CN(Cc1ccccn1)C(=O)CNC(=O)OCc1ccccc1. The molecule has 0 spiro atoms. The molecule has 2 rings (SSSR count). The molecule has 2 amide bonds. The third-order valence-corrected chi connectivity index (χ3v) is 3.15. The number of alkyl carbamates (subject to hydrolysis) is 1. The lowest BCUT2D eigenvalue weighted by atomic mass is 10.2. The Morgan fingerprint density at radius 3 is 2.57 bits per heavy atom. The third-order valence-electron chi connectivity index (χ3n) is 3.15. The molecule has 1 N–H and O–H groups in total. The number of benzene rings is 1. The van der Waals surface area contributed by atoms with E-state index in [4.69, 9.17) is 4.74 Å². The van der Waals surface area contributed by atoms with Crippen LogP contribution in [0.5, 0.6) is 0 Å². The Kier molecular flexibility index (Phi) is 6.11. The Morgan fingerprint density at radius 1 is 1.13 bits per heavy atom. The topological polar surface area (TPSA) is 71.5 Å². The molecule has 0 bridgehead atoms. The summed E-state index contributed by atoms with van der Waals surface area (Å²) in [4.78, 5) is 29.2. The van der Waals surface area contributed by atoms with Crippen molar-refractivity contribution in [3.8, 4) is 0 Å². The molecule has 1 aromatic carbocycles. The second-order valence-electron chi connectivity index (χ2n) is 4.99. The number of amides is 2. The first-order chi connectivity index (χ1) is 11.1. The van der Waals surface area contributed by atoms with Gasteiger partial charge in [0.05, 0.1) is 12.2 Å². The van der Waals surface area contributed by atoms with Crippen LogP contribution in [0.25, 0.3) is 0 Å². The molecule has 0 radical (unpaired) electrons. The number of pyridine rings is 1. The van der Waals surface area contributed by atoms with Crippen molar-refractivity contribution >= 4 is 12.0 Å². The van der Waals surface area contributed by atoms with E-state index in [1.165, 1.54) is 4.90 Å². The predicted molar refractivity (Wildman–Crippen MR) is 85.3 cm³/mol. The van der Waals surface area contributed by atoms with Gasteiger partial charge in [-0.3, -0.25) is 9.78 Å². The smallest absolute Gasteiger partial charge is 0.407 e.